The Hall–Kier alpha value is -2.21. The number of carboxylic acids is 1. The van der Waals surface area contributed by atoms with E-state index in [4.69, 9.17) is 23.9 Å². The number of aromatic carboxylic acids is 1. The average molecular weight is 570 g/mol. The van der Waals surface area contributed by atoms with Gasteiger partial charge in [0.05, 0.1) is 31.6 Å². The molecule has 1 aliphatic carbocycles. The van der Waals surface area contributed by atoms with Crippen molar-refractivity contribution < 1.29 is 60.2 Å². The van der Waals surface area contributed by atoms with E-state index in [9.17, 15) is 14.7 Å². The maximum atomic E-state index is 12.1. The maximum Gasteiger partial charge on any atom is 0.334 e. The fourth-order valence-electron chi connectivity index (χ4n) is 3.61. The Morgan fingerprint density at radius 3 is 2.41 bits per heavy atom. The predicted octanol–water partition coefficient (Wildman–Crippen LogP) is 4.73. The van der Waals surface area contributed by atoms with Crippen molar-refractivity contribution in [1.29, 1.82) is 5.41 Å². The van der Waals surface area contributed by atoms with E-state index in [1.165, 1.54) is 32.4 Å². The summed E-state index contributed by atoms with van der Waals surface area (Å²) in [6, 6.07) is 10.9. The number of nitrogens with two attached hydrogens (primary N) is 1. The first-order chi connectivity index (χ1) is 15.9. The summed E-state index contributed by atoms with van der Waals surface area (Å²) in [6.45, 7) is 0. The molecule has 0 saturated carbocycles. The van der Waals surface area contributed by atoms with Crippen molar-refractivity contribution in [3.8, 4) is 22.5 Å². The molecule has 0 unspecified atom stereocenters. The Labute approximate surface area is 228 Å². The van der Waals surface area contributed by atoms with Crippen LogP contribution in [-0.2, 0) is 45.9 Å². The monoisotopic (exact) mass is 570 g/mol. The van der Waals surface area contributed by atoms with Gasteiger partial charge >= 0.3 is 5.97 Å². The summed E-state index contributed by atoms with van der Waals surface area (Å²) in [5.74, 6) is -0.840. The summed E-state index contributed by atoms with van der Waals surface area (Å²) in [4.78, 5) is 24.4. The standard InChI is InChI=1S/C23H17N2O6S2.Y/c1-29-32-21-16(24)7-5-13-18(15-9-11(10-26)3-4-12(15)23(27)28)14-6-8-17(25)22(33-30-2)20(14)31-19(13)21;/h3-9,24H,25H2,1-2H3,(H,27,28);/q-1;. The third kappa shape index (κ3) is 4.66. The van der Waals surface area contributed by atoms with E-state index in [1.54, 1.807) is 24.3 Å². The minimum Gasteiger partial charge on any atom is -0.478 e. The molecule has 0 amide bonds. The van der Waals surface area contributed by atoms with Crippen LogP contribution in [0.25, 0.3) is 33.4 Å². The second kappa shape index (κ2) is 11.0. The summed E-state index contributed by atoms with van der Waals surface area (Å²) in [6.07, 6.45) is 1.82. The van der Waals surface area contributed by atoms with Gasteiger partial charge in [0.15, 0.2) is 11.3 Å². The fraction of sp³-hybridized carbons (Fsp3) is 0.0870. The third-order valence-corrected chi connectivity index (χ3v) is 6.46. The number of carbonyl (C=O) groups is 1. The molecule has 0 bridgehead atoms. The molecule has 0 aromatic heterocycles. The van der Waals surface area contributed by atoms with Crippen molar-refractivity contribution in [2.45, 2.75) is 9.79 Å². The van der Waals surface area contributed by atoms with Gasteiger partial charge in [-0.1, -0.05) is 5.56 Å². The zero-order valence-electron chi connectivity index (χ0n) is 18.0. The Balaban J connectivity index is 0.00000324. The largest absolute Gasteiger partial charge is 0.478 e. The summed E-state index contributed by atoms with van der Waals surface area (Å²) < 4.78 is 16.7. The molecular weight excluding hydrogens is 553 g/mol. The summed E-state index contributed by atoms with van der Waals surface area (Å²) in [5.41, 5.74) is 8.49. The van der Waals surface area contributed by atoms with Crippen molar-refractivity contribution in [2.24, 2.45) is 0 Å². The summed E-state index contributed by atoms with van der Waals surface area (Å²) in [7, 11) is 2.96. The Morgan fingerprint density at radius 2 is 1.76 bits per heavy atom. The molecule has 4 rings (SSSR count). The van der Waals surface area contributed by atoms with E-state index < -0.39 is 5.97 Å². The van der Waals surface area contributed by atoms with E-state index in [0.717, 1.165) is 24.1 Å². The van der Waals surface area contributed by atoms with Crippen LogP contribution in [0, 0.1) is 5.41 Å². The van der Waals surface area contributed by atoms with Crippen LogP contribution in [0.1, 0.15) is 15.9 Å². The Bertz CT molecular complexity index is 1440. The fourth-order valence-corrected chi connectivity index (χ4v) is 4.72. The van der Waals surface area contributed by atoms with Crippen molar-refractivity contribution in [3.05, 3.63) is 58.9 Å². The van der Waals surface area contributed by atoms with E-state index >= 15 is 0 Å². The van der Waals surface area contributed by atoms with Gasteiger partial charge in [-0.2, -0.15) is 17.7 Å². The average Bonchev–Trinajstić information content (AvgIpc) is 2.81. The van der Waals surface area contributed by atoms with Gasteiger partial charge in [-0.15, -0.1) is 6.07 Å². The van der Waals surface area contributed by atoms with Crippen LogP contribution in [0.3, 0.4) is 0 Å². The SMILES string of the molecule is COSc1c2oc3c(SOC)c(N)ccc3c(-c3cc([C-]=O)ccc3C(=O)O)c-2ccc1=N.[Y]. The molecule has 0 atom stereocenters. The van der Waals surface area contributed by atoms with Gasteiger partial charge in [0.2, 0.25) is 0 Å². The van der Waals surface area contributed by atoms with E-state index in [1.807, 2.05) is 6.29 Å². The number of nitrogen functional groups attached to an aromatic ring is 1. The number of rotatable bonds is 7. The molecule has 1 heterocycles. The molecule has 2 aromatic carbocycles. The molecular formula is C23H17N2O6S2Y-. The van der Waals surface area contributed by atoms with Crippen molar-refractivity contribution in [2.75, 3.05) is 20.0 Å². The minimum absolute atomic E-state index is 0. The normalized spacial score (nSPS) is 10.9. The maximum absolute atomic E-state index is 12.1. The topological polar surface area (TPSA) is 136 Å². The minimum atomic E-state index is -1.16. The molecule has 0 spiro atoms. The van der Waals surface area contributed by atoms with Crippen LogP contribution >= 0.6 is 24.1 Å². The molecule has 0 fully saturated rings. The summed E-state index contributed by atoms with van der Waals surface area (Å²) in [5, 5.41) is 18.9. The van der Waals surface area contributed by atoms with E-state index in [2.05, 4.69) is 0 Å². The van der Waals surface area contributed by atoms with Gasteiger partial charge in [0.25, 0.3) is 0 Å². The molecule has 2 aromatic rings. The van der Waals surface area contributed by atoms with Gasteiger partial charge in [0.1, 0.15) is 9.79 Å². The first-order valence-electron chi connectivity index (χ1n) is 9.45. The van der Waals surface area contributed by atoms with Gasteiger partial charge in [0, 0.05) is 73.3 Å². The number of nitrogens with one attached hydrogen (secondary N) is 1. The molecule has 1 aliphatic heterocycles. The molecule has 8 nitrogen and oxygen atoms in total. The first kappa shape index (κ1) is 26.4. The molecule has 11 heteroatoms. The molecule has 0 saturated heterocycles. The zero-order chi connectivity index (χ0) is 23.7. The van der Waals surface area contributed by atoms with Gasteiger partial charge in [-0.3, -0.25) is 5.41 Å². The molecule has 4 N–H and O–H groups in total. The van der Waals surface area contributed by atoms with Crippen LogP contribution < -0.4 is 11.1 Å². The Morgan fingerprint density at radius 1 is 1.06 bits per heavy atom. The molecule has 1 radical (unpaired) electrons. The van der Waals surface area contributed by atoms with Gasteiger partial charge in [-0.25, -0.2) is 4.79 Å². The quantitative estimate of drug-likeness (QED) is 0.125. The van der Waals surface area contributed by atoms with Crippen LogP contribution in [0.15, 0.2) is 56.7 Å². The Kier molecular flexibility index (Phi) is 8.56. The number of anilines is 1. The van der Waals surface area contributed by atoms with E-state index in [-0.39, 0.29) is 49.2 Å². The summed E-state index contributed by atoms with van der Waals surface area (Å²) >= 11 is 1.96. The van der Waals surface area contributed by atoms with Gasteiger partial charge < -0.3 is 28.4 Å². The number of carboxylic acid groups (broad SMARTS) is 1. The third-order valence-electron chi connectivity index (χ3n) is 4.97. The van der Waals surface area contributed by atoms with Crippen LogP contribution in [0.5, 0.6) is 0 Å². The smallest absolute Gasteiger partial charge is 0.334 e. The second-order valence-corrected chi connectivity index (χ2v) is 8.64. The number of hydrogen-bond acceptors (Lipinski definition) is 9. The number of fused-ring (bicyclic) bond motifs is 2. The van der Waals surface area contributed by atoms with Crippen molar-refractivity contribution >= 4 is 53.0 Å². The molecule has 34 heavy (non-hydrogen) atoms. The zero-order valence-corrected chi connectivity index (χ0v) is 22.5. The second-order valence-electron chi connectivity index (χ2n) is 6.82. The first-order valence-corrected chi connectivity index (χ1v) is 10.9. The van der Waals surface area contributed by atoms with Crippen molar-refractivity contribution in [1.82, 2.24) is 0 Å². The van der Waals surface area contributed by atoms with Crippen molar-refractivity contribution in [3.63, 3.8) is 0 Å². The van der Waals surface area contributed by atoms with Crippen LogP contribution in [0.4, 0.5) is 5.69 Å². The van der Waals surface area contributed by atoms with Gasteiger partial charge in [-0.05, 0) is 29.8 Å². The van der Waals surface area contributed by atoms with Crippen LogP contribution in [-0.4, -0.2) is 31.6 Å². The predicted molar refractivity (Wildman–Crippen MR) is 126 cm³/mol. The number of benzene rings is 3. The van der Waals surface area contributed by atoms with Crippen LogP contribution in [0.2, 0.25) is 0 Å². The number of hydrogen-bond donors (Lipinski definition) is 3. The molecule has 171 valence electrons. The number of carbonyl (C=O) groups excluding carboxylic acids is 1. The molecule has 2 aliphatic rings. The van der Waals surface area contributed by atoms with E-state index in [0.29, 0.717) is 48.9 Å².